The first-order chi connectivity index (χ1) is 13.2. The summed E-state index contributed by atoms with van der Waals surface area (Å²) in [6, 6.07) is 0.308. The molecule has 0 amide bonds. The molecule has 3 N–H and O–H groups in total. The molecule has 148 valence electrons. The number of aromatic carboxylic acids is 1. The zero-order valence-corrected chi connectivity index (χ0v) is 15.5. The van der Waals surface area contributed by atoms with Crippen LogP contribution >= 0.6 is 11.6 Å². The molecular weight excluding hydrogens is 392 g/mol. The Morgan fingerprint density at radius 3 is 2.61 bits per heavy atom. The number of benzene rings is 1. The molecule has 9 heteroatoms. The lowest BCUT2D eigenvalue weighted by molar-refractivity contribution is 0.0694. The van der Waals surface area contributed by atoms with Crippen molar-refractivity contribution in [2.45, 2.75) is 37.5 Å². The minimum absolute atomic E-state index is 0.00645. The van der Waals surface area contributed by atoms with Gasteiger partial charge in [-0.15, -0.1) is 0 Å². The predicted octanol–water partition coefficient (Wildman–Crippen LogP) is 2.70. The zero-order valence-electron chi connectivity index (χ0n) is 14.8. The molecule has 2 unspecified atom stereocenters. The summed E-state index contributed by atoms with van der Waals surface area (Å²) < 4.78 is 30.2. The van der Waals surface area contributed by atoms with E-state index in [0.29, 0.717) is 13.1 Å². The van der Waals surface area contributed by atoms with E-state index < -0.39 is 35.0 Å². The summed E-state index contributed by atoms with van der Waals surface area (Å²) in [5.41, 5.74) is 5.15. The monoisotopic (exact) mass is 409 g/mol. The van der Waals surface area contributed by atoms with Crippen molar-refractivity contribution in [2.75, 3.05) is 18.0 Å². The molecule has 3 fully saturated rings. The third kappa shape index (κ3) is 2.40. The van der Waals surface area contributed by atoms with Crippen LogP contribution in [0.1, 0.15) is 35.7 Å². The third-order valence-corrected chi connectivity index (χ3v) is 6.73. The Labute approximate surface area is 163 Å². The number of nitrogens with zero attached hydrogens (tertiary/aromatic N) is 2. The fourth-order valence-corrected chi connectivity index (χ4v) is 4.84. The van der Waals surface area contributed by atoms with E-state index in [2.05, 4.69) is 0 Å². The number of carboxylic acids is 1. The Balaban J connectivity index is 1.75. The van der Waals surface area contributed by atoms with Crippen LogP contribution in [0.5, 0.6) is 0 Å². The minimum atomic E-state index is -1.45. The summed E-state index contributed by atoms with van der Waals surface area (Å²) in [5, 5.41) is 9.16. The molecule has 2 aliphatic carbocycles. The van der Waals surface area contributed by atoms with Gasteiger partial charge in [-0.3, -0.25) is 4.79 Å². The lowest BCUT2D eigenvalue weighted by atomic mass is 10.0. The Morgan fingerprint density at radius 2 is 2.07 bits per heavy atom. The first-order valence-corrected chi connectivity index (χ1v) is 9.56. The maximum absolute atomic E-state index is 15.0. The van der Waals surface area contributed by atoms with Crippen molar-refractivity contribution in [2.24, 2.45) is 11.1 Å². The summed E-state index contributed by atoms with van der Waals surface area (Å²) in [7, 11) is 0. The quantitative estimate of drug-likeness (QED) is 0.813. The highest BCUT2D eigenvalue weighted by molar-refractivity contribution is 6.38. The number of hydrogen-bond acceptors (Lipinski definition) is 4. The van der Waals surface area contributed by atoms with Crippen LogP contribution in [0, 0.1) is 11.2 Å². The Hall–Kier alpha value is -2.19. The van der Waals surface area contributed by atoms with Gasteiger partial charge in [-0.05, 0) is 18.9 Å². The van der Waals surface area contributed by atoms with Crippen molar-refractivity contribution in [3.8, 4) is 0 Å². The first kappa shape index (κ1) is 17.9. The van der Waals surface area contributed by atoms with E-state index in [1.165, 1.54) is 4.57 Å². The molecule has 1 spiro atoms. The number of halogens is 3. The SMILES string of the molecule is NC1CN(c2c(F)cc3c(=O)c(C(=O)O)cn(C4C[C@@H]4F)c3c2Cl)CC12CC2. The summed E-state index contributed by atoms with van der Waals surface area (Å²) >= 11 is 6.56. The van der Waals surface area contributed by atoms with Gasteiger partial charge in [-0.2, -0.15) is 0 Å². The standard InChI is InChI=1S/C19H18ClF2N3O3/c20-14-15-8(17(26)9(18(27)28)5-25(15)12-4-10(12)21)3-11(22)16(14)24-6-13(23)19(7-24)1-2-19/h3,5,10,12-13H,1-2,4,6-7,23H2,(H,27,28)/t10-,12?,13?/m0/s1. The molecule has 5 rings (SSSR count). The number of hydrogen-bond donors (Lipinski definition) is 2. The molecule has 2 aromatic rings. The Bertz CT molecular complexity index is 1100. The molecule has 3 atom stereocenters. The molecule has 0 bridgehead atoms. The third-order valence-electron chi connectivity index (χ3n) is 6.37. The van der Waals surface area contributed by atoms with E-state index in [0.717, 1.165) is 25.1 Å². The summed E-state index contributed by atoms with van der Waals surface area (Å²) in [6.07, 6.45) is 2.11. The molecular formula is C19H18ClF2N3O3. The van der Waals surface area contributed by atoms with Gasteiger partial charge in [0.05, 0.1) is 27.7 Å². The molecule has 1 saturated heterocycles. The van der Waals surface area contributed by atoms with Crippen LogP contribution in [0.15, 0.2) is 17.1 Å². The van der Waals surface area contributed by atoms with Gasteiger partial charge >= 0.3 is 5.97 Å². The lowest BCUT2D eigenvalue weighted by Crippen LogP contribution is -2.30. The normalized spacial score (nSPS) is 27.6. The lowest BCUT2D eigenvalue weighted by Gasteiger charge is -2.23. The molecule has 28 heavy (non-hydrogen) atoms. The Morgan fingerprint density at radius 1 is 1.39 bits per heavy atom. The molecule has 3 aliphatic rings. The first-order valence-electron chi connectivity index (χ1n) is 9.18. The number of alkyl halides is 1. The van der Waals surface area contributed by atoms with Crippen LogP contribution in [0.4, 0.5) is 14.5 Å². The molecule has 1 aromatic carbocycles. The highest BCUT2D eigenvalue weighted by atomic mass is 35.5. The van der Waals surface area contributed by atoms with E-state index in [1.54, 1.807) is 4.90 Å². The van der Waals surface area contributed by atoms with E-state index in [4.69, 9.17) is 17.3 Å². The second kappa shape index (κ2) is 5.67. The van der Waals surface area contributed by atoms with Gasteiger partial charge in [0.15, 0.2) is 0 Å². The van der Waals surface area contributed by atoms with Crippen molar-refractivity contribution in [3.63, 3.8) is 0 Å². The van der Waals surface area contributed by atoms with Gasteiger partial charge in [0.25, 0.3) is 0 Å². The van der Waals surface area contributed by atoms with Crippen molar-refractivity contribution in [1.82, 2.24) is 4.57 Å². The number of pyridine rings is 1. The number of carbonyl (C=O) groups is 1. The van der Waals surface area contributed by atoms with E-state index in [9.17, 15) is 19.1 Å². The van der Waals surface area contributed by atoms with Crippen LogP contribution < -0.4 is 16.1 Å². The molecule has 1 aromatic heterocycles. The van der Waals surface area contributed by atoms with Crippen LogP contribution in [0.2, 0.25) is 5.02 Å². The predicted molar refractivity (Wildman–Crippen MR) is 101 cm³/mol. The largest absolute Gasteiger partial charge is 0.477 e. The maximum atomic E-state index is 15.0. The van der Waals surface area contributed by atoms with Crippen molar-refractivity contribution in [1.29, 1.82) is 0 Å². The molecule has 2 heterocycles. The number of anilines is 1. The maximum Gasteiger partial charge on any atom is 0.341 e. The highest BCUT2D eigenvalue weighted by Gasteiger charge is 2.54. The molecule has 1 aliphatic heterocycles. The smallest absolute Gasteiger partial charge is 0.341 e. The van der Waals surface area contributed by atoms with E-state index in [1.807, 2.05) is 0 Å². The van der Waals surface area contributed by atoms with Crippen LogP contribution in [-0.4, -0.2) is 40.9 Å². The second-order valence-corrected chi connectivity index (χ2v) is 8.55. The number of fused-ring (bicyclic) bond motifs is 1. The highest BCUT2D eigenvalue weighted by Crippen LogP contribution is 2.54. The fourth-order valence-electron chi connectivity index (χ4n) is 4.43. The van der Waals surface area contributed by atoms with Crippen LogP contribution in [0.25, 0.3) is 10.9 Å². The molecule has 2 saturated carbocycles. The number of aromatic nitrogens is 1. The van der Waals surface area contributed by atoms with Gasteiger partial charge in [0.2, 0.25) is 5.43 Å². The average Bonchev–Trinajstić information content (AvgIpc) is 3.51. The Kier molecular flexibility index (Phi) is 3.62. The molecule has 6 nitrogen and oxygen atoms in total. The van der Waals surface area contributed by atoms with Crippen LogP contribution in [-0.2, 0) is 0 Å². The number of carboxylic acid groups (broad SMARTS) is 1. The topological polar surface area (TPSA) is 88.6 Å². The van der Waals surface area contributed by atoms with Gasteiger partial charge in [-0.25, -0.2) is 13.6 Å². The summed E-state index contributed by atoms with van der Waals surface area (Å²) in [6.45, 7) is 1.01. The fraction of sp³-hybridized carbons (Fsp3) is 0.474. The number of nitrogens with two attached hydrogens (primary N) is 1. The number of rotatable bonds is 3. The zero-order chi connectivity index (χ0) is 20.0. The van der Waals surface area contributed by atoms with Crippen molar-refractivity contribution >= 4 is 34.2 Å². The summed E-state index contributed by atoms with van der Waals surface area (Å²) in [4.78, 5) is 25.8. The molecule has 0 radical (unpaired) electrons. The van der Waals surface area contributed by atoms with Crippen molar-refractivity contribution < 1.29 is 18.7 Å². The summed E-state index contributed by atoms with van der Waals surface area (Å²) in [5.74, 6) is -2.15. The van der Waals surface area contributed by atoms with Gasteiger partial charge < -0.3 is 20.3 Å². The van der Waals surface area contributed by atoms with Crippen LogP contribution in [0.3, 0.4) is 0 Å². The van der Waals surface area contributed by atoms with E-state index in [-0.39, 0.29) is 39.5 Å². The minimum Gasteiger partial charge on any atom is -0.477 e. The van der Waals surface area contributed by atoms with Gasteiger partial charge in [0.1, 0.15) is 17.6 Å². The van der Waals surface area contributed by atoms with Gasteiger partial charge in [-0.1, -0.05) is 11.6 Å². The average molecular weight is 410 g/mol. The van der Waals surface area contributed by atoms with Gasteiger partial charge in [0, 0.05) is 37.2 Å². The van der Waals surface area contributed by atoms with Crippen molar-refractivity contribution in [3.05, 3.63) is 38.9 Å². The van der Waals surface area contributed by atoms with E-state index >= 15 is 4.39 Å². The second-order valence-electron chi connectivity index (χ2n) is 8.17.